The molecule has 5 aromatic rings. The molecule has 1 unspecified atom stereocenters. The van der Waals surface area contributed by atoms with Crippen LogP contribution in [-0.4, -0.2) is 114 Å². The first kappa shape index (κ1) is 30.2. The van der Waals surface area contributed by atoms with E-state index in [0.717, 1.165) is 6.42 Å². The molecule has 8 heterocycles. The molecule has 4 aliphatic heterocycles. The molecule has 3 atom stereocenters. The van der Waals surface area contributed by atoms with E-state index in [1.165, 1.54) is 49.9 Å². The minimum absolute atomic E-state index is 0.00116. The van der Waals surface area contributed by atoms with E-state index in [9.17, 15) is 30.7 Å². The first-order valence-electron chi connectivity index (χ1n) is 26.1. The summed E-state index contributed by atoms with van der Waals surface area (Å²) in [7, 11) is 1.43. The highest BCUT2D eigenvalue weighted by Gasteiger charge is 2.40. The zero-order valence-corrected chi connectivity index (χ0v) is 33.8. The highest BCUT2D eigenvalue weighted by Crippen LogP contribution is 2.36. The van der Waals surface area contributed by atoms with Crippen LogP contribution in [0.3, 0.4) is 0 Å². The predicted molar refractivity (Wildman–Crippen MR) is 226 cm³/mol. The number of nitrogens with zero attached hydrogens (tertiary/aromatic N) is 9. The van der Waals surface area contributed by atoms with Crippen LogP contribution in [0.2, 0.25) is 0 Å². The molecule has 1 aliphatic carbocycles. The lowest BCUT2D eigenvalue weighted by atomic mass is 9.85. The number of aromatic nitrogens is 7. The molecule has 1 aromatic carbocycles. The number of piperidine rings is 2. The number of imidazole rings is 1. The molecule has 2 N–H and O–H groups in total. The van der Waals surface area contributed by atoms with Crippen LogP contribution >= 0.6 is 0 Å². The molecule has 63 heavy (non-hydrogen) atoms. The molecule has 4 saturated heterocycles. The van der Waals surface area contributed by atoms with Crippen molar-refractivity contribution in [1.29, 1.82) is 0 Å². The Morgan fingerprint density at radius 2 is 1.97 bits per heavy atom. The fraction of sp³-hybridized carbons (Fsp3) is 0.523. The van der Waals surface area contributed by atoms with Gasteiger partial charge in [0, 0.05) is 65.6 Å². The average Bonchev–Trinajstić information content (AvgIpc) is 4.20. The highest BCUT2D eigenvalue weighted by molar-refractivity contribution is 6.08. The maximum absolute atomic E-state index is 14.5. The van der Waals surface area contributed by atoms with Crippen molar-refractivity contribution < 1.29 is 47.7 Å². The number of likely N-dealkylation sites (tertiary alicyclic amines) is 1. The van der Waals surface area contributed by atoms with Gasteiger partial charge in [0.25, 0.3) is 12.3 Å². The summed E-state index contributed by atoms with van der Waals surface area (Å²) in [6.07, 6.45) is -9.62. The number of carbonyl (C=O) groups excluding carboxylic acids is 3. The summed E-state index contributed by atoms with van der Waals surface area (Å²) in [5, 5.41) is 13.0. The molecule has 1 saturated carbocycles. The average molecular weight is 877 g/mol. The third kappa shape index (κ3) is 8.00. The number of ether oxygens (including phenoxy) is 2. The summed E-state index contributed by atoms with van der Waals surface area (Å²) in [5.74, 6) is 2.63. The molecule has 10 rings (SSSR count). The molecule has 330 valence electrons. The van der Waals surface area contributed by atoms with Crippen molar-refractivity contribution in [3.05, 3.63) is 70.2 Å². The Hall–Kier alpha value is -5.97. The van der Waals surface area contributed by atoms with Gasteiger partial charge in [-0.05, 0) is 75.4 Å². The monoisotopic (exact) mass is 876 g/mol. The second kappa shape index (κ2) is 17.0. The van der Waals surface area contributed by atoms with E-state index in [-0.39, 0.29) is 89.1 Å². The molecule has 5 aliphatic rings. The van der Waals surface area contributed by atoms with Crippen LogP contribution in [-0.2, 0) is 26.1 Å². The minimum atomic E-state index is -3.81. The van der Waals surface area contributed by atoms with Crippen molar-refractivity contribution >= 4 is 45.9 Å². The number of carbonyl (C=O) groups is 3. The summed E-state index contributed by atoms with van der Waals surface area (Å²) >= 11 is 0. The van der Waals surface area contributed by atoms with Gasteiger partial charge in [0.15, 0.2) is 11.3 Å². The van der Waals surface area contributed by atoms with E-state index < -0.39 is 98.5 Å². The van der Waals surface area contributed by atoms with Crippen LogP contribution in [0.15, 0.2) is 47.7 Å². The number of halogens is 2. The van der Waals surface area contributed by atoms with Crippen molar-refractivity contribution in [2.45, 2.75) is 94.4 Å². The Kier molecular flexibility index (Phi) is 8.12. The number of nitrogens with one attached hydrogen (secondary N) is 2. The van der Waals surface area contributed by atoms with E-state index in [2.05, 4.69) is 42.6 Å². The van der Waals surface area contributed by atoms with Gasteiger partial charge in [-0.25, -0.2) is 23.1 Å². The minimum Gasteiger partial charge on any atom is -0.374 e. The summed E-state index contributed by atoms with van der Waals surface area (Å²) in [6, 6.07) is 4.82. The van der Waals surface area contributed by atoms with Crippen LogP contribution in [0.4, 0.5) is 20.3 Å². The Morgan fingerprint density at radius 3 is 2.71 bits per heavy atom. The van der Waals surface area contributed by atoms with Crippen LogP contribution in [0.1, 0.15) is 113 Å². The Bertz CT molecular complexity index is 3210. The van der Waals surface area contributed by atoms with E-state index in [4.69, 9.17) is 21.8 Å². The third-order valence-corrected chi connectivity index (χ3v) is 12.1. The molecule has 2 bridgehead atoms. The lowest BCUT2D eigenvalue weighted by Gasteiger charge is -2.36. The van der Waals surface area contributed by atoms with Gasteiger partial charge >= 0.3 is 5.69 Å². The molecular weight excluding hydrogens is 817 g/mol. The third-order valence-electron chi connectivity index (χ3n) is 12.1. The highest BCUT2D eigenvalue weighted by atomic mass is 19.3. The quantitative estimate of drug-likeness (QED) is 0.153. The fourth-order valence-corrected chi connectivity index (χ4v) is 8.97. The molecule has 3 amide bonds. The predicted octanol–water partition coefficient (Wildman–Crippen LogP) is 3.99. The van der Waals surface area contributed by atoms with Gasteiger partial charge in [-0.1, -0.05) is 17.9 Å². The first-order valence-corrected chi connectivity index (χ1v) is 20.6. The van der Waals surface area contributed by atoms with Crippen LogP contribution < -0.4 is 21.2 Å². The number of anilines is 2. The zero-order valence-electron chi connectivity index (χ0n) is 44.8. The molecule has 4 aromatic heterocycles. The number of hydrogen-bond acceptors (Lipinski definition) is 11. The van der Waals surface area contributed by atoms with E-state index in [0.29, 0.717) is 19.0 Å². The molecule has 5 fully saturated rings. The Labute approximate surface area is 376 Å². The van der Waals surface area contributed by atoms with Crippen molar-refractivity contribution in [3.8, 4) is 11.8 Å². The summed E-state index contributed by atoms with van der Waals surface area (Å²) in [4.78, 5) is 58.1. The lowest BCUT2D eigenvalue weighted by Crippen LogP contribution is -2.44. The van der Waals surface area contributed by atoms with Crippen LogP contribution in [0, 0.1) is 17.8 Å². The topological polar surface area (TPSA) is 175 Å². The van der Waals surface area contributed by atoms with Crippen LogP contribution in [0.5, 0.6) is 0 Å². The summed E-state index contributed by atoms with van der Waals surface area (Å²) < 4.78 is 144. The molecule has 17 nitrogen and oxygen atoms in total. The van der Waals surface area contributed by atoms with Gasteiger partial charge < -0.3 is 24.6 Å². The SMILES string of the molecule is [2H]C([2H])(C1CCC(n2cc(NC(=O)c3cnn4ccc(N5C[C@H]6C[C@@H]5CO6)nc34)c(C(F)F)n2)CC1)N1C([2H])([2H])C([2H])([2H])C([2H])(OCC#Cc2cccc3c2n(C)c(=O)n3C2CCC(=O)NC2=O)C([2H])([2H])C1([2H])[2H]. The Morgan fingerprint density at radius 1 is 1.14 bits per heavy atom. The smallest absolute Gasteiger partial charge is 0.329 e. The lowest BCUT2D eigenvalue weighted by molar-refractivity contribution is -0.135. The number of para-hydroxylation sites is 1. The maximum Gasteiger partial charge on any atom is 0.329 e. The number of aryl methyl sites for hydroxylation is 1. The summed E-state index contributed by atoms with van der Waals surface area (Å²) in [6.45, 7) is -10.5. The number of hydrogen-bond donors (Lipinski definition) is 2. The molecular formula is C44H49F2N11O6. The molecule has 19 heteroatoms. The maximum atomic E-state index is 14.5. The van der Waals surface area contributed by atoms with Crippen molar-refractivity contribution in [1.82, 2.24) is 43.7 Å². The van der Waals surface area contributed by atoms with Gasteiger partial charge in [0.1, 0.15) is 24.0 Å². The van der Waals surface area contributed by atoms with Gasteiger partial charge in [-0.3, -0.25) is 33.5 Å². The summed E-state index contributed by atoms with van der Waals surface area (Å²) in [5.41, 5.74) is -0.712. The fourth-order valence-electron chi connectivity index (χ4n) is 8.97. The standard InChI is InChI=1S/C44H49F2N11O6/c1-52-39-27(4-2-6-34(39)57(44(52)61)35-11-12-37(58)50-43(35)60)5-3-19-62-30-13-16-53(17-14-30)22-26-7-9-28(10-8-26)56-24-33(38(51-56)40(45)46)48-42(59)32-21-47-55-18-15-36(49-41(32)55)54-23-31-20-29(54)25-63-31/h2,4,6,15,18,21,24,26,28-31,35,40H,7-14,16-17,19-20,22-23,25H2,1H3,(H,48,59)(H,50,58,60)/t26?,28?,29-,31-,35?/m1/s1/i13D2,14D2,16D2,17D2,22D2,30D. The second-order valence-electron chi connectivity index (χ2n) is 16.0. The van der Waals surface area contributed by atoms with E-state index in [1.54, 1.807) is 18.3 Å². The number of morpholine rings is 1. The van der Waals surface area contributed by atoms with Crippen molar-refractivity contribution in [2.75, 3.05) is 49.5 Å². The second-order valence-corrected chi connectivity index (χ2v) is 16.0. The van der Waals surface area contributed by atoms with Crippen LogP contribution in [0.25, 0.3) is 16.7 Å². The van der Waals surface area contributed by atoms with Gasteiger partial charge in [-0.2, -0.15) is 10.2 Å². The molecule has 0 spiro atoms. The number of amides is 3. The van der Waals surface area contributed by atoms with Gasteiger partial charge in [0.2, 0.25) is 11.8 Å². The van der Waals surface area contributed by atoms with E-state index in [1.807, 2.05) is 0 Å². The van der Waals surface area contributed by atoms with Gasteiger partial charge in [0.05, 0.1) is 60.7 Å². The van der Waals surface area contributed by atoms with Crippen molar-refractivity contribution in [3.63, 3.8) is 0 Å². The number of fused-ring (bicyclic) bond motifs is 4. The normalized spacial score (nSPS) is 30.9. The van der Waals surface area contributed by atoms with E-state index >= 15 is 0 Å². The van der Waals surface area contributed by atoms with Gasteiger partial charge in [-0.15, -0.1) is 0 Å². The molecule has 0 radical (unpaired) electrons. The Balaban J connectivity index is 0.838. The number of benzene rings is 1. The largest absolute Gasteiger partial charge is 0.374 e. The zero-order chi connectivity index (χ0) is 53.2. The number of imide groups is 1. The number of rotatable bonds is 10. The number of alkyl halides is 2. The first-order chi connectivity index (χ1) is 34.7. The van der Waals surface area contributed by atoms with Crippen molar-refractivity contribution in [2.24, 2.45) is 13.0 Å².